The fourth-order valence-corrected chi connectivity index (χ4v) is 1.09. The first-order chi connectivity index (χ1) is 7.84. The number of halogens is 3. The SMILES string of the molecule is N#Cc1ccc(C#CC(N)=O)c(C(F)(F)F)c1. The van der Waals surface area contributed by atoms with Crippen molar-refractivity contribution in [2.45, 2.75) is 6.18 Å². The van der Waals surface area contributed by atoms with Gasteiger partial charge in [-0.15, -0.1) is 0 Å². The Hall–Kier alpha value is -2.47. The van der Waals surface area contributed by atoms with Crippen molar-refractivity contribution < 1.29 is 18.0 Å². The molecule has 0 atom stereocenters. The lowest BCUT2D eigenvalue weighted by atomic mass is 10.0. The first-order valence-corrected chi connectivity index (χ1v) is 4.27. The topological polar surface area (TPSA) is 66.9 Å². The molecule has 3 nitrogen and oxygen atoms in total. The summed E-state index contributed by atoms with van der Waals surface area (Å²) in [7, 11) is 0. The summed E-state index contributed by atoms with van der Waals surface area (Å²) in [6.45, 7) is 0. The summed E-state index contributed by atoms with van der Waals surface area (Å²) < 4.78 is 37.8. The zero-order chi connectivity index (χ0) is 13.1. The minimum atomic E-state index is -4.64. The molecule has 0 unspecified atom stereocenters. The number of nitrogens with two attached hydrogens (primary N) is 1. The van der Waals surface area contributed by atoms with Gasteiger partial charge in [0.2, 0.25) is 0 Å². The van der Waals surface area contributed by atoms with Crippen LogP contribution in [0.25, 0.3) is 0 Å². The van der Waals surface area contributed by atoms with Gasteiger partial charge in [-0.2, -0.15) is 18.4 Å². The van der Waals surface area contributed by atoms with Crippen LogP contribution in [-0.4, -0.2) is 5.91 Å². The number of primary amides is 1. The second-order valence-electron chi connectivity index (χ2n) is 2.98. The molecule has 86 valence electrons. The van der Waals surface area contributed by atoms with Gasteiger partial charge >= 0.3 is 6.18 Å². The van der Waals surface area contributed by atoms with Crippen molar-refractivity contribution in [3.05, 3.63) is 34.9 Å². The predicted molar refractivity (Wildman–Crippen MR) is 52.2 cm³/mol. The molecule has 0 aliphatic heterocycles. The Kier molecular flexibility index (Phi) is 3.40. The van der Waals surface area contributed by atoms with Gasteiger partial charge in [-0.25, -0.2) is 0 Å². The van der Waals surface area contributed by atoms with E-state index in [0.29, 0.717) is 6.07 Å². The molecular weight excluding hydrogens is 233 g/mol. The van der Waals surface area contributed by atoms with Gasteiger partial charge in [-0.1, -0.05) is 5.92 Å². The molecule has 0 spiro atoms. The number of benzene rings is 1. The molecule has 2 N–H and O–H groups in total. The second-order valence-corrected chi connectivity index (χ2v) is 2.98. The predicted octanol–water partition coefficient (Wildman–Crippen LogP) is 1.41. The number of alkyl halides is 3. The van der Waals surface area contributed by atoms with E-state index in [9.17, 15) is 18.0 Å². The van der Waals surface area contributed by atoms with Gasteiger partial charge in [0.1, 0.15) is 0 Å². The van der Waals surface area contributed by atoms with E-state index in [1.807, 2.05) is 11.8 Å². The highest BCUT2D eigenvalue weighted by atomic mass is 19.4. The van der Waals surface area contributed by atoms with Crippen LogP contribution in [-0.2, 0) is 11.0 Å². The number of amides is 1. The van der Waals surface area contributed by atoms with Crippen molar-refractivity contribution in [3.63, 3.8) is 0 Å². The van der Waals surface area contributed by atoms with Crippen LogP contribution in [0.15, 0.2) is 18.2 Å². The summed E-state index contributed by atoms with van der Waals surface area (Å²) in [6.07, 6.45) is -4.64. The molecule has 0 heterocycles. The molecule has 1 amide bonds. The molecule has 0 radical (unpaired) electrons. The molecule has 1 rings (SSSR count). The van der Waals surface area contributed by atoms with Crippen LogP contribution in [0.4, 0.5) is 13.2 Å². The van der Waals surface area contributed by atoms with Gasteiger partial charge in [0.25, 0.3) is 5.91 Å². The van der Waals surface area contributed by atoms with Crippen LogP contribution in [0.1, 0.15) is 16.7 Å². The minimum absolute atomic E-state index is 0.137. The molecule has 0 aliphatic carbocycles. The average molecular weight is 238 g/mol. The zero-order valence-electron chi connectivity index (χ0n) is 8.30. The van der Waals surface area contributed by atoms with E-state index >= 15 is 0 Å². The van der Waals surface area contributed by atoms with E-state index in [1.54, 1.807) is 6.07 Å². The van der Waals surface area contributed by atoms with E-state index in [1.165, 1.54) is 6.07 Å². The van der Waals surface area contributed by atoms with Crippen LogP contribution < -0.4 is 5.73 Å². The molecule has 0 aromatic heterocycles. The number of carbonyl (C=O) groups excluding carboxylic acids is 1. The lowest BCUT2D eigenvalue weighted by Crippen LogP contribution is -2.09. The maximum absolute atomic E-state index is 12.6. The number of hydrogen-bond donors (Lipinski definition) is 1. The molecule has 0 saturated carbocycles. The molecule has 1 aromatic carbocycles. The summed E-state index contributed by atoms with van der Waals surface area (Å²) in [5.41, 5.74) is 3.11. The van der Waals surface area contributed by atoms with Crippen LogP contribution in [0, 0.1) is 23.2 Å². The fourth-order valence-electron chi connectivity index (χ4n) is 1.09. The maximum Gasteiger partial charge on any atom is 0.417 e. The zero-order valence-corrected chi connectivity index (χ0v) is 8.30. The fraction of sp³-hybridized carbons (Fsp3) is 0.0909. The van der Waals surface area contributed by atoms with Crippen LogP contribution in [0.2, 0.25) is 0 Å². The maximum atomic E-state index is 12.6. The van der Waals surface area contributed by atoms with Gasteiger partial charge < -0.3 is 5.73 Å². The third kappa shape index (κ3) is 3.25. The van der Waals surface area contributed by atoms with E-state index in [0.717, 1.165) is 6.07 Å². The number of nitrogens with zero attached hydrogens (tertiary/aromatic N) is 1. The summed E-state index contributed by atoms with van der Waals surface area (Å²) in [4.78, 5) is 10.4. The highest BCUT2D eigenvalue weighted by molar-refractivity contribution is 5.92. The number of nitriles is 1. The number of hydrogen-bond acceptors (Lipinski definition) is 2. The Bertz CT molecular complexity index is 559. The molecule has 6 heteroatoms. The van der Waals surface area contributed by atoms with Crippen molar-refractivity contribution in [1.29, 1.82) is 5.26 Å². The van der Waals surface area contributed by atoms with E-state index in [4.69, 9.17) is 11.0 Å². The van der Waals surface area contributed by atoms with Crippen molar-refractivity contribution in [3.8, 4) is 17.9 Å². The summed E-state index contributed by atoms with van der Waals surface area (Å²) in [5.74, 6) is 2.81. The van der Waals surface area contributed by atoms with Crippen molar-refractivity contribution in [2.75, 3.05) is 0 Å². The van der Waals surface area contributed by atoms with Crippen molar-refractivity contribution in [1.82, 2.24) is 0 Å². The first kappa shape index (κ1) is 12.6. The Balaban J connectivity index is 3.38. The number of rotatable bonds is 0. The van der Waals surface area contributed by atoms with Gasteiger partial charge in [0.05, 0.1) is 17.2 Å². The van der Waals surface area contributed by atoms with Gasteiger partial charge in [0, 0.05) is 5.56 Å². The monoisotopic (exact) mass is 238 g/mol. The standard InChI is InChI=1S/C11H5F3N2O/c12-11(13,14)9-5-7(6-15)1-2-8(9)3-4-10(16)17/h1-2,5H,(H2,16,17). The Labute approximate surface area is 94.6 Å². The molecule has 0 saturated heterocycles. The Morgan fingerprint density at radius 3 is 2.47 bits per heavy atom. The number of carbonyl (C=O) groups is 1. The smallest absolute Gasteiger partial charge is 0.359 e. The van der Waals surface area contributed by atoms with Crippen molar-refractivity contribution in [2.24, 2.45) is 5.73 Å². The molecular formula is C11H5F3N2O. The first-order valence-electron chi connectivity index (χ1n) is 4.27. The van der Waals surface area contributed by atoms with E-state index in [-0.39, 0.29) is 5.56 Å². The summed E-state index contributed by atoms with van der Waals surface area (Å²) in [6, 6.07) is 4.47. The molecule has 0 bridgehead atoms. The summed E-state index contributed by atoms with van der Waals surface area (Å²) >= 11 is 0. The van der Waals surface area contributed by atoms with Crippen LogP contribution in [0.3, 0.4) is 0 Å². The normalized spacial score (nSPS) is 10.0. The Morgan fingerprint density at radius 2 is 2.00 bits per heavy atom. The minimum Gasteiger partial charge on any atom is -0.359 e. The lowest BCUT2D eigenvalue weighted by molar-refractivity contribution is -0.137. The third-order valence-corrected chi connectivity index (χ3v) is 1.77. The highest BCUT2D eigenvalue weighted by Crippen LogP contribution is 2.32. The lowest BCUT2D eigenvalue weighted by Gasteiger charge is -2.08. The van der Waals surface area contributed by atoms with Crippen LogP contribution in [0.5, 0.6) is 0 Å². The molecule has 1 aromatic rings. The van der Waals surface area contributed by atoms with Crippen LogP contribution >= 0.6 is 0 Å². The third-order valence-electron chi connectivity index (χ3n) is 1.77. The molecule has 0 aliphatic rings. The highest BCUT2D eigenvalue weighted by Gasteiger charge is 2.33. The Morgan fingerprint density at radius 1 is 1.35 bits per heavy atom. The van der Waals surface area contributed by atoms with Gasteiger partial charge in [-0.05, 0) is 24.1 Å². The molecule has 0 fully saturated rings. The summed E-state index contributed by atoms with van der Waals surface area (Å²) in [5, 5.41) is 8.51. The quantitative estimate of drug-likeness (QED) is 0.694. The average Bonchev–Trinajstić information content (AvgIpc) is 2.24. The molecule has 17 heavy (non-hydrogen) atoms. The second kappa shape index (κ2) is 4.58. The van der Waals surface area contributed by atoms with Gasteiger partial charge in [0.15, 0.2) is 0 Å². The largest absolute Gasteiger partial charge is 0.417 e. The van der Waals surface area contributed by atoms with E-state index in [2.05, 4.69) is 0 Å². The van der Waals surface area contributed by atoms with E-state index < -0.39 is 23.2 Å². The van der Waals surface area contributed by atoms with Crippen molar-refractivity contribution >= 4 is 5.91 Å². The van der Waals surface area contributed by atoms with Gasteiger partial charge in [-0.3, -0.25) is 4.79 Å².